The number of benzene rings is 2. The number of hydrogen-bond donors (Lipinski definition) is 0. The summed E-state index contributed by atoms with van der Waals surface area (Å²) in [5, 5.41) is 0.459. The predicted octanol–water partition coefficient (Wildman–Crippen LogP) is 3.94. The highest BCUT2D eigenvalue weighted by Gasteiger charge is 2.16. The van der Waals surface area contributed by atoms with Crippen LogP contribution in [-0.2, 0) is 9.47 Å². The van der Waals surface area contributed by atoms with Crippen molar-refractivity contribution >= 4 is 23.4 Å². The highest BCUT2D eigenvalue weighted by molar-refractivity contribution is 6.31. The Morgan fingerprint density at radius 3 is 2.62 bits per heavy atom. The maximum atomic E-state index is 12.1. The van der Waals surface area contributed by atoms with Gasteiger partial charge in [-0.25, -0.2) is 4.79 Å². The summed E-state index contributed by atoms with van der Waals surface area (Å²) in [6.07, 6.45) is 2.20. The van der Waals surface area contributed by atoms with Crippen molar-refractivity contribution in [2.45, 2.75) is 18.9 Å². The van der Waals surface area contributed by atoms with Gasteiger partial charge in [0.2, 0.25) is 0 Å². The molecule has 0 radical (unpaired) electrons. The lowest BCUT2D eigenvalue weighted by atomic mass is 10.1. The average molecular weight is 375 g/mol. The molecule has 0 N–H and O–H groups in total. The number of ketones is 1. The third kappa shape index (κ3) is 5.07. The first-order valence-electron chi connectivity index (χ1n) is 8.42. The van der Waals surface area contributed by atoms with E-state index in [1.54, 1.807) is 42.5 Å². The van der Waals surface area contributed by atoms with E-state index in [4.69, 9.17) is 25.8 Å². The molecule has 0 aromatic heterocycles. The van der Waals surface area contributed by atoms with E-state index in [0.717, 1.165) is 19.4 Å². The zero-order valence-electron chi connectivity index (χ0n) is 14.2. The molecule has 1 fully saturated rings. The van der Waals surface area contributed by atoms with Crippen LogP contribution in [0.4, 0.5) is 0 Å². The molecule has 1 heterocycles. The van der Waals surface area contributed by atoms with Crippen molar-refractivity contribution in [3.8, 4) is 5.75 Å². The summed E-state index contributed by atoms with van der Waals surface area (Å²) >= 11 is 5.85. The molecule has 2 aromatic carbocycles. The van der Waals surface area contributed by atoms with E-state index in [0.29, 0.717) is 28.5 Å². The van der Waals surface area contributed by atoms with Gasteiger partial charge in [0.15, 0.2) is 12.4 Å². The van der Waals surface area contributed by atoms with Crippen molar-refractivity contribution in [3.05, 3.63) is 64.7 Å². The number of rotatable bonds is 7. The summed E-state index contributed by atoms with van der Waals surface area (Å²) in [6.45, 7) is 0.946. The van der Waals surface area contributed by atoms with Gasteiger partial charge in [0.05, 0.1) is 11.7 Å². The molecule has 0 bridgehead atoms. The van der Waals surface area contributed by atoms with Crippen LogP contribution in [0.15, 0.2) is 48.5 Å². The van der Waals surface area contributed by atoms with Gasteiger partial charge in [-0.05, 0) is 49.2 Å². The number of carbonyl (C=O) groups excluding carboxylic acids is 2. The van der Waals surface area contributed by atoms with Crippen molar-refractivity contribution < 1.29 is 23.8 Å². The molecule has 1 atom stereocenters. The van der Waals surface area contributed by atoms with Crippen LogP contribution in [-0.4, -0.2) is 37.7 Å². The van der Waals surface area contributed by atoms with Gasteiger partial charge >= 0.3 is 5.97 Å². The molecule has 0 unspecified atom stereocenters. The standard InChI is InChI=1S/C20H19ClO5/c21-16-4-1-3-15(11-16)19(22)13-26-20(23)14-6-8-17(9-7-14)25-12-18-5-2-10-24-18/h1,3-4,6-9,11,18H,2,5,10,12-13H2/t18-/m0/s1. The topological polar surface area (TPSA) is 61.8 Å². The van der Waals surface area contributed by atoms with Gasteiger partial charge in [-0.15, -0.1) is 0 Å². The second-order valence-electron chi connectivity index (χ2n) is 5.98. The van der Waals surface area contributed by atoms with Gasteiger partial charge in [-0.2, -0.15) is 0 Å². The first-order valence-corrected chi connectivity index (χ1v) is 8.80. The minimum Gasteiger partial charge on any atom is -0.491 e. The van der Waals surface area contributed by atoms with Crippen LogP contribution in [0.25, 0.3) is 0 Å². The number of hydrogen-bond acceptors (Lipinski definition) is 5. The Balaban J connectivity index is 1.49. The van der Waals surface area contributed by atoms with Crippen LogP contribution < -0.4 is 4.74 Å². The lowest BCUT2D eigenvalue weighted by Crippen LogP contribution is -2.16. The molecule has 5 nitrogen and oxygen atoms in total. The number of ether oxygens (including phenoxy) is 3. The van der Waals surface area contributed by atoms with Crippen molar-refractivity contribution in [2.75, 3.05) is 19.8 Å². The summed E-state index contributed by atoms with van der Waals surface area (Å²) in [7, 11) is 0. The third-order valence-electron chi connectivity index (χ3n) is 4.03. The van der Waals surface area contributed by atoms with Gasteiger partial charge in [0.1, 0.15) is 12.4 Å². The molecule has 1 saturated heterocycles. The van der Waals surface area contributed by atoms with Gasteiger partial charge in [-0.1, -0.05) is 23.7 Å². The minimum atomic E-state index is -0.564. The van der Waals surface area contributed by atoms with E-state index in [9.17, 15) is 9.59 Å². The quantitative estimate of drug-likeness (QED) is 0.542. The predicted molar refractivity (Wildman–Crippen MR) is 97.0 cm³/mol. The zero-order chi connectivity index (χ0) is 18.4. The normalized spacial score (nSPS) is 16.3. The van der Waals surface area contributed by atoms with Crippen LogP contribution in [0.5, 0.6) is 5.75 Å². The molecule has 0 spiro atoms. The van der Waals surface area contributed by atoms with Crippen LogP contribution in [0.3, 0.4) is 0 Å². The fourth-order valence-electron chi connectivity index (χ4n) is 2.61. The van der Waals surface area contributed by atoms with Gasteiger partial charge < -0.3 is 14.2 Å². The monoisotopic (exact) mass is 374 g/mol. The molecule has 0 saturated carbocycles. The van der Waals surface area contributed by atoms with E-state index in [2.05, 4.69) is 0 Å². The molecule has 136 valence electrons. The van der Waals surface area contributed by atoms with Crippen molar-refractivity contribution in [3.63, 3.8) is 0 Å². The van der Waals surface area contributed by atoms with Crippen molar-refractivity contribution in [1.82, 2.24) is 0 Å². The molecule has 1 aliphatic heterocycles. The lowest BCUT2D eigenvalue weighted by molar-refractivity contribution is 0.0474. The smallest absolute Gasteiger partial charge is 0.338 e. The van der Waals surface area contributed by atoms with E-state index in [1.165, 1.54) is 6.07 Å². The number of Topliss-reactive ketones (excluding diaryl/α,β-unsaturated/α-hetero) is 1. The SMILES string of the molecule is O=C(COC(=O)c1ccc(OC[C@@H]2CCCO2)cc1)c1cccc(Cl)c1. The number of esters is 1. The molecule has 0 aliphatic carbocycles. The highest BCUT2D eigenvalue weighted by Crippen LogP contribution is 2.17. The molecule has 6 heteroatoms. The fourth-order valence-corrected chi connectivity index (χ4v) is 2.80. The second kappa shape index (κ2) is 8.83. The Kier molecular flexibility index (Phi) is 6.26. The minimum absolute atomic E-state index is 0.136. The largest absolute Gasteiger partial charge is 0.491 e. The number of halogens is 1. The molecule has 26 heavy (non-hydrogen) atoms. The van der Waals surface area contributed by atoms with Gasteiger partial charge in [0.25, 0.3) is 0 Å². The molecule has 2 aromatic rings. The summed E-state index contributed by atoms with van der Waals surface area (Å²) in [4.78, 5) is 24.1. The summed E-state index contributed by atoms with van der Waals surface area (Å²) in [5.74, 6) is -0.213. The molecule has 1 aliphatic rings. The Bertz CT molecular complexity index is 766. The van der Waals surface area contributed by atoms with Gasteiger partial charge in [0, 0.05) is 17.2 Å². The summed E-state index contributed by atoms with van der Waals surface area (Å²) in [5.41, 5.74) is 0.761. The molecule has 0 amide bonds. The fraction of sp³-hybridized carbons (Fsp3) is 0.300. The first-order chi connectivity index (χ1) is 12.6. The van der Waals surface area contributed by atoms with E-state index in [1.807, 2.05) is 0 Å². The maximum absolute atomic E-state index is 12.1. The Hall–Kier alpha value is -2.37. The van der Waals surface area contributed by atoms with Crippen LogP contribution in [0.1, 0.15) is 33.6 Å². The second-order valence-corrected chi connectivity index (χ2v) is 6.42. The molecular weight excluding hydrogens is 356 g/mol. The molecular formula is C20H19ClO5. The Morgan fingerprint density at radius 1 is 1.12 bits per heavy atom. The zero-order valence-corrected chi connectivity index (χ0v) is 14.9. The van der Waals surface area contributed by atoms with Gasteiger partial charge in [-0.3, -0.25) is 4.79 Å². The Labute approximate surface area is 156 Å². The third-order valence-corrected chi connectivity index (χ3v) is 4.27. The van der Waals surface area contributed by atoms with Crippen molar-refractivity contribution in [1.29, 1.82) is 0 Å². The maximum Gasteiger partial charge on any atom is 0.338 e. The Morgan fingerprint density at radius 2 is 1.92 bits per heavy atom. The highest BCUT2D eigenvalue weighted by atomic mass is 35.5. The summed E-state index contributed by atoms with van der Waals surface area (Å²) < 4.78 is 16.2. The van der Waals surface area contributed by atoms with Crippen molar-refractivity contribution in [2.24, 2.45) is 0 Å². The van der Waals surface area contributed by atoms with E-state index in [-0.39, 0.29) is 18.5 Å². The number of carbonyl (C=O) groups is 2. The first kappa shape index (κ1) is 18.4. The van der Waals surface area contributed by atoms with E-state index >= 15 is 0 Å². The lowest BCUT2D eigenvalue weighted by Gasteiger charge is -2.11. The van der Waals surface area contributed by atoms with Crippen LogP contribution >= 0.6 is 11.6 Å². The summed E-state index contributed by atoms with van der Waals surface area (Å²) in [6, 6.07) is 13.1. The van der Waals surface area contributed by atoms with Crippen LogP contribution in [0.2, 0.25) is 5.02 Å². The van der Waals surface area contributed by atoms with E-state index < -0.39 is 5.97 Å². The molecule has 3 rings (SSSR count). The van der Waals surface area contributed by atoms with Crippen LogP contribution in [0, 0.1) is 0 Å². The average Bonchev–Trinajstić information content (AvgIpc) is 3.18.